The standard InChI is InChI=1S/C25H21N5O4/c1-16-7-11-18(12-8-16)30-24(32)22-23(25(30)33)29(28-27-22)15-21(31)26-17-9-13-20(14-10-17)34-19-5-3-2-4-6-19/h2-14,22-23H,15H2,1H3,(H,26,31)/t22-,23+/m0/s1. The molecule has 0 aliphatic carbocycles. The van der Waals surface area contributed by atoms with E-state index in [9.17, 15) is 14.4 Å². The molecule has 1 fully saturated rings. The Morgan fingerprint density at radius 1 is 0.912 bits per heavy atom. The molecule has 34 heavy (non-hydrogen) atoms. The summed E-state index contributed by atoms with van der Waals surface area (Å²) < 4.78 is 5.75. The average molecular weight is 455 g/mol. The lowest BCUT2D eigenvalue weighted by Crippen LogP contribution is -2.43. The van der Waals surface area contributed by atoms with Crippen molar-refractivity contribution in [2.24, 2.45) is 10.3 Å². The minimum atomic E-state index is -0.948. The van der Waals surface area contributed by atoms with Crippen LogP contribution in [0.15, 0.2) is 89.2 Å². The number of fused-ring (bicyclic) bond motifs is 1. The van der Waals surface area contributed by atoms with Gasteiger partial charge in [0.25, 0.3) is 11.8 Å². The van der Waals surface area contributed by atoms with Crippen molar-refractivity contribution in [3.8, 4) is 11.5 Å². The molecule has 3 amide bonds. The third-order valence-corrected chi connectivity index (χ3v) is 5.57. The zero-order valence-corrected chi connectivity index (χ0v) is 18.3. The predicted octanol–water partition coefficient (Wildman–Crippen LogP) is 3.72. The number of ether oxygens (including phenoxy) is 1. The molecule has 2 atom stereocenters. The van der Waals surface area contributed by atoms with Gasteiger partial charge in [-0.25, -0.2) is 4.90 Å². The van der Waals surface area contributed by atoms with Gasteiger partial charge in [0.05, 0.1) is 5.69 Å². The van der Waals surface area contributed by atoms with E-state index in [1.807, 2.05) is 49.4 Å². The Morgan fingerprint density at radius 2 is 1.59 bits per heavy atom. The molecule has 3 aromatic rings. The van der Waals surface area contributed by atoms with Crippen LogP contribution >= 0.6 is 0 Å². The molecule has 0 bridgehead atoms. The molecule has 2 aliphatic heterocycles. The Morgan fingerprint density at radius 3 is 2.29 bits per heavy atom. The minimum absolute atomic E-state index is 0.215. The first-order chi connectivity index (χ1) is 16.5. The van der Waals surface area contributed by atoms with Crippen LogP contribution in [0.3, 0.4) is 0 Å². The van der Waals surface area contributed by atoms with E-state index >= 15 is 0 Å². The number of carbonyl (C=O) groups excluding carboxylic acids is 3. The molecule has 3 aromatic carbocycles. The van der Waals surface area contributed by atoms with Crippen LogP contribution in [0.1, 0.15) is 5.56 Å². The second-order valence-electron chi connectivity index (χ2n) is 8.03. The molecule has 9 heteroatoms. The van der Waals surface area contributed by atoms with Gasteiger partial charge in [-0.1, -0.05) is 41.1 Å². The molecule has 1 N–H and O–H groups in total. The van der Waals surface area contributed by atoms with Crippen molar-refractivity contribution in [1.29, 1.82) is 0 Å². The van der Waals surface area contributed by atoms with E-state index in [2.05, 4.69) is 15.7 Å². The number of hydrogen-bond donors (Lipinski definition) is 1. The van der Waals surface area contributed by atoms with Crippen LogP contribution in [-0.4, -0.2) is 41.4 Å². The number of nitrogens with one attached hydrogen (secondary N) is 1. The summed E-state index contributed by atoms with van der Waals surface area (Å²) in [5.41, 5.74) is 2.06. The lowest BCUT2D eigenvalue weighted by molar-refractivity contribution is -0.123. The summed E-state index contributed by atoms with van der Waals surface area (Å²) in [6.45, 7) is 1.71. The van der Waals surface area contributed by atoms with E-state index in [1.165, 1.54) is 5.01 Å². The number of hydrogen-bond acceptors (Lipinski definition) is 7. The maximum Gasteiger partial charge on any atom is 0.263 e. The molecule has 5 rings (SSSR count). The van der Waals surface area contributed by atoms with Gasteiger partial charge in [0.1, 0.15) is 18.0 Å². The highest BCUT2D eigenvalue weighted by Crippen LogP contribution is 2.32. The van der Waals surface area contributed by atoms with E-state index in [4.69, 9.17) is 4.74 Å². The van der Waals surface area contributed by atoms with Crippen molar-refractivity contribution in [2.45, 2.75) is 19.0 Å². The summed E-state index contributed by atoms with van der Waals surface area (Å²) in [7, 11) is 0. The van der Waals surface area contributed by atoms with Gasteiger partial charge >= 0.3 is 0 Å². The fraction of sp³-hybridized carbons (Fsp3) is 0.160. The molecule has 0 aromatic heterocycles. The van der Waals surface area contributed by atoms with E-state index in [-0.39, 0.29) is 12.5 Å². The van der Waals surface area contributed by atoms with Gasteiger partial charge in [0, 0.05) is 5.69 Å². The Balaban J connectivity index is 1.22. The van der Waals surface area contributed by atoms with Crippen LogP contribution in [0.5, 0.6) is 11.5 Å². The monoisotopic (exact) mass is 455 g/mol. The SMILES string of the molecule is Cc1ccc(N2C(=O)[C@H]3N=NN(CC(=O)Nc4ccc(Oc5ccccc5)cc4)[C@H]3C2=O)cc1. The van der Waals surface area contributed by atoms with Gasteiger partial charge in [0.15, 0.2) is 12.1 Å². The number of aryl methyl sites for hydroxylation is 1. The number of nitrogens with zero attached hydrogens (tertiary/aromatic N) is 4. The quantitative estimate of drug-likeness (QED) is 0.571. The molecule has 0 radical (unpaired) electrons. The fourth-order valence-corrected chi connectivity index (χ4v) is 3.88. The Labute approximate surface area is 195 Å². The summed E-state index contributed by atoms with van der Waals surface area (Å²) in [6.07, 6.45) is 0. The number of anilines is 2. The normalized spacial score (nSPS) is 18.9. The van der Waals surface area contributed by atoms with Crippen molar-refractivity contribution in [2.75, 3.05) is 16.8 Å². The smallest absolute Gasteiger partial charge is 0.263 e. The molecule has 0 spiro atoms. The topological polar surface area (TPSA) is 104 Å². The van der Waals surface area contributed by atoms with Gasteiger partial charge in [0.2, 0.25) is 5.91 Å². The number of benzene rings is 3. The second-order valence-corrected chi connectivity index (χ2v) is 8.03. The molecule has 2 aliphatic rings. The van der Waals surface area contributed by atoms with Crippen molar-refractivity contribution >= 4 is 29.1 Å². The number of rotatable bonds is 6. The second kappa shape index (κ2) is 8.78. The highest BCUT2D eigenvalue weighted by molar-refractivity contribution is 6.25. The zero-order valence-electron chi connectivity index (χ0n) is 18.3. The van der Waals surface area contributed by atoms with Crippen molar-refractivity contribution < 1.29 is 19.1 Å². The van der Waals surface area contributed by atoms with Crippen LogP contribution < -0.4 is 15.0 Å². The van der Waals surface area contributed by atoms with Gasteiger partial charge in [-0.15, -0.1) is 0 Å². The maximum atomic E-state index is 13.0. The largest absolute Gasteiger partial charge is 0.457 e. The fourth-order valence-electron chi connectivity index (χ4n) is 3.88. The summed E-state index contributed by atoms with van der Waals surface area (Å²) >= 11 is 0. The number of carbonyl (C=O) groups is 3. The Bertz CT molecular complexity index is 1260. The van der Waals surface area contributed by atoms with Gasteiger partial charge in [-0.2, -0.15) is 5.11 Å². The van der Waals surface area contributed by atoms with Gasteiger partial charge < -0.3 is 10.1 Å². The Hall–Kier alpha value is -4.53. The van der Waals surface area contributed by atoms with Crippen LogP contribution in [0.4, 0.5) is 11.4 Å². The highest BCUT2D eigenvalue weighted by Gasteiger charge is 2.55. The lowest BCUT2D eigenvalue weighted by Gasteiger charge is -2.20. The molecule has 9 nitrogen and oxygen atoms in total. The molecule has 0 saturated carbocycles. The summed E-state index contributed by atoms with van der Waals surface area (Å²) in [5.74, 6) is 0.0688. The summed E-state index contributed by atoms with van der Waals surface area (Å²) in [5, 5.41) is 11.9. The van der Waals surface area contributed by atoms with E-state index in [0.29, 0.717) is 22.9 Å². The molecule has 0 unspecified atom stereocenters. The van der Waals surface area contributed by atoms with E-state index < -0.39 is 23.9 Å². The number of para-hydroxylation sites is 1. The number of imide groups is 1. The van der Waals surface area contributed by atoms with Gasteiger partial charge in [-0.3, -0.25) is 19.4 Å². The van der Waals surface area contributed by atoms with E-state index in [0.717, 1.165) is 10.5 Å². The first-order valence-electron chi connectivity index (χ1n) is 10.7. The summed E-state index contributed by atoms with van der Waals surface area (Å²) in [4.78, 5) is 39.5. The van der Waals surface area contributed by atoms with Gasteiger partial charge in [-0.05, 0) is 55.5 Å². The van der Waals surface area contributed by atoms with Crippen LogP contribution in [-0.2, 0) is 14.4 Å². The average Bonchev–Trinajstić information content (AvgIpc) is 3.36. The molecular weight excluding hydrogens is 434 g/mol. The zero-order chi connectivity index (χ0) is 23.7. The molecule has 1 saturated heterocycles. The minimum Gasteiger partial charge on any atom is -0.457 e. The third kappa shape index (κ3) is 4.11. The molecule has 2 heterocycles. The lowest BCUT2D eigenvalue weighted by atomic mass is 10.1. The van der Waals surface area contributed by atoms with Crippen molar-refractivity contribution in [3.63, 3.8) is 0 Å². The number of amides is 3. The Kier molecular flexibility index (Phi) is 5.51. The first kappa shape index (κ1) is 21.3. The van der Waals surface area contributed by atoms with E-state index in [1.54, 1.807) is 36.4 Å². The predicted molar refractivity (Wildman–Crippen MR) is 124 cm³/mol. The van der Waals surface area contributed by atoms with Crippen molar-refractivity contribution in [1.82, 2.24) is 5.01 Å². The molecular formula is C25H21N5O4. The van der Waals surface area contributed by atoms with Crippen molar-refractivity contribution in [3.05, 3.63) is 84.4 Å². The molecule has 170 valence electrons. The maximum absolute atomic E-state index is 13.0. The van der Waals surface area contributed by atoms with Crippen LogP contribution in [0.25, 0.3) is 0 Å². The van der Waals surface area contributed by atoms with Crippen LogP contribution in [0, 0.1) is 6.92 Å². The summed E-state index contributed by atoms with van der Waals surface area (Å²) in [6, 6.07) is 21.5. The first-order valence-corrected chi connectivity index (χ1v) is 10.7. The highest BCUT2D eigenvalue weighted by atomic mass is 16.5. The van der Waals surface area contributed by atoms with Crippen LogP contribution in [0.2, 0.25) is 0 Å². The third-order valence-electron chi connectivity index (χ3n) is 5.57.